The number of rotatable bonds is 4. The number of nitrogens with one attached hydrogen (secondary N) is 2. The highest BCUT2D eigenvalue weighted by atomic mass is 19.4. The molecular formula is C14H17F3N2O2. The third-order valence-corrected chi connectivity index (χ3v) is 3.42. The van der Waals surface area contributed by atoms with Crippen molar-refractivity contribution in [3.8, 4) is 0 Å². The Balaban J connectivity index is 1.78. The van der Waals surface area contributed by atoms with Gasteiger partial charge in [0.05, 0.1) is 5.56 Å². The number of alkyl halides is 3. The van der Waals surface area contributed by atoms with Crippen LogP contribution in [0.25, 0.3) is 0 Å². The van der Waals surface area contributed by atoms with Crippen molar-refractivity contribution in [3.05, 3.63) is 29.8 Å². The lowest BCUT2D eigenvalue weighted by molar-refractivity contribution is -0.137. The fraction of sp³-hybridized carbons (Fsp3) is 0.500. The summed E-state index contributed by atoms with van der Waals surface area (Å²) in [7, 11) is 1.87. The van der Waals surface area contributed by atoms with Crippen LogP contribution >= 0.6 is 0 Å². The van der Waals surface area contributed by atoms with E-state index in [1.165, 1.54) is 12.1 Å². The van der Waals surface area contributed by atoms with Gasteiger partial charge in [-0.2, -0.15) is 13.2 Å². The summed E-state index contributed by atoms with van der Waals surface area (Å²) in [5.74, 6) is 0.513. The first kappa shape index (κ1) is 15.6. The number of carbonyl (C=O) groups is 1. The van der Waals surface area contributed by atoms with Gasteiger partial charge in [0.2, 0.25) is 0 Å². The van der Waals surface area contributed by atoms with Crippen molar-refractivity contribution in [2.45, 2.75) is 25.1 Å². The van der Waals surface area contributed by atoms with E-state index in [4.69, 9.17) is 4.74 Å². The van der Waals surface area contributed by atoms with Crippen molar-refractivity contribution in [1.82, 2.24) is 5.32 Å². The van der Waals surface area contributed by atoms with Gasteiger partial charge in [-0.25, -0.2) is 4.79 Å². The van der Waals surface area contributed by atoms with Gasteiger partial charge in [0.15, 0.2) is 0 Å². The summed E-state index contributed by atoms with van der Waals surface area (Å²) >= 11 is 0. The molecule has 0 spiro atoms. The molecule has 1 aliphatic rings. The second-order valence-corrected chi connectivity index (χ2v) is 5.12. The molecule has 0 radical (unpaired) electrons. The van der Waals surface area contributed by atoms with Crippen molar-refractivity contribution < 1.29 is 22.7 Å². The van der Waals surface area contributed by atoms with Gasteiger partial charge in [0.1, 0.15) is 6.10 Å². The molecule has 2 rings (SSSR count). The highest BCUT2D eigenvalue weighted by Crippen LogP contribution is 2.31. The fourth-order valence-corrected chi connectivity index (χ4v) is 2.27. The van der Waals surface area contributed by atoms with E-state index >= 15 is 0 Å². The number of ether oxygens (including phenoxy) is 1. The fourth-order valence-electron chi connectivity index (χ4n) is 2.27. The highest BCUT2D eigenvalue weighted by Gasteiger charge is 2.32. The van der Waals surface area contributed by atoms with Crippen LogP contribution in [0.5, 0.6) is 0 Å². The van der Waals surface area contributed by atoms with Crippen molar-refractivity contribution in [1.29, 1.82) is 0 Å². The zero-order valence-electron chi connectivity index (χ0n) is 11.5. The molecule has 0 aromatic heterocycles. The number of benzene rings is 1. The largest absolute Gasteiger partial charge is 0.446 e. The van der Waals surface area contributed by atoms with E-state index in [-0.39, 0.29) is 11.8 Å². The van der Waals surface area contributed by atoms with Gasteiger partial charge >= 0.3 is 12.3 Å². The second kappa shape index (κ2) is 6.34. The third kappa shape index (κ3) is 4.35. The molecule has 7 heteroatoms. The van der Waals surface area contributed by atoms with Crippen LogP contribution in [-0.4, -0.2) is 25.8 Å². The van der Waals surface area contributed by atoms with E-state index < -0.39 is 17.8 Å². The molecule has 4 nitrogen and oxygen atoms in total. The Labute approximate surface area is 120 Å². The van der Waals surface area contributed by atoms with E-state index in [1.54, 1.807) is 0 Å². The SMILES string of the molecule is CNCC1CC(OC(=O)Nc2ccc(C(F)(F)F)cc2)C1. The first-order chi connectivity index (χ1) is 9.88. The lowest BCUT2D eigenvalue weighted by Crippen LogP contribution is -2.38. The normalized spacial score (nSPS) is 21.5. The van der Waals surface area contributed by atoms with Gasteiger partial charge < -0.3 is 10.1 Å². The van der Waals surface area contributed by atoms with Crippen molar-refractivity contribution in [2.75, 3.05) is 18.9 Å². The van der Waals surface area contributed by atoms with Gasteiger partial charge in [-0.1, -0.05) is 0 Å². The molecule has 0 bridgehead atoms. The first-order valence-electron chi connectivity index (χ1n) is 6.68. The summed E-state index contributed by atoms with van der Waals surface area (Å²) in [5, 5.41) is 5.48. The molecule has 1 amide bonds. The third-order valence-electron chi connectivity index (χ3n) is 3.42. The van der Waals surface area contributed by atoms with E-state index in [9.17, 15) is 18.0 Å². The van der Waals surface area contributed by atoms with Crippen LogP contribution in [-0.2, 0) is 10.9 Å². The van der Waals surface area contributed by atoms with E-state index in [0.717, 1.165) is 31.5 Å². The average molecular weight is 302 g/mol. The van der Waals surface area contributed by atoms with Gasteiger partial charge in [-0.05, 0) is 56.6 Å². The van der Waals surface area contributed by atoms with Crippen LogP contribution in [0.15, 0.2) is 24.3 Å². The summed E-state index contributed by atoms with van der Waals surface area (Å²) in [6.45, 7) is 0.889. The second-order valence-electron chi connectivity index (χ2n) is 5.12. The molecule has 0 aliphatic heterocycles. The number of anilines is 1. The lowest BCUT2D eigenvalue weighted by Gasteiger charge is -2.34. The molecule has 0 saturated heterocycles. The number of hydrogen-bond donors (Lipinski definition) is 2. The smallest absolute Gasteiger partial charge is 0.416 e. The number of amides is 1. The molecule has 2 N–H and O–H groups in total. The molecule has 1 aromatic carbocycles. The van der Waals surface area contributed by atoms with E-state index in [1.807, 2.05) is 7.05 Å². The molecule has 1 saturated carbocycles. The molecule has 21 heavy (non-hydrogen) atoms. The van der Waals surface area contributed by atoms with E-state index in [2.05, 4.69) is 10.6 Å². The van der Waals surface area contributed by atoms with Gasteiger partial charge in [0.25, 0.3) is 0 Å². The Kier molecular flexibility index (Phi) is 4.72. The maximum atomic E-state index is 12.4. The van der Waals surface area contributed by atoms with Gasteiger partial charge in [0, 0.05) is 5.69 Å². The summed E-state index contributed by atoms with van der Waals surface area (Å²) in [5.41, 5.74) is -0.477. The summed E-state index contributed by atoms with van der Waals surface area (Å²) < 4.78 is 42.3. The topological polar surface area (TPSA) is 50.4 Å². The van der Waals surface area contributed by atoms with Crippen LogP contribution in [0.4, 0.5) is 23.7 Å². The van der Waals surface area contributed by atoms with Gasteiger partial charge in [-0.3, -0.25) is 5.32 Å². The summed E-state index contributed by atoms with van der Waals surface area (Å²) in [4.78, 5) is 11.6. The Bertz CT molecular complexity index is 482. The van der Waals surface area contributed by atoms with Crippen molar-refractivity contribution in [2.24, 2.45) is 5.92 Å². The predicted octanol–water partition coefficient (Wildman–Crippen LogP) is 3.25. The minimum Gasteiger partial charge on any atom is -0.446 e. The summed E-state index contributed by atoms with van der Waals surface area (Å²) in [6, 6.07) is 4.24. The molecule has 0 unspecified atom stereocenters. The zero-order valence-corrected chi connectivity index (χ0v) is 11.5. The number of carbonyl (C=O) groups excluding carboxylic acids is 1. The Hall–Kier alpha value is -1.76. The maximum Gasteiger partial charge on any atom is 0.416 e. The molecule has 1 aliphatic carbocycles. The molecule has 1 fully saturated rings. The molecular weight excluding hydrogens is 285 g/mol. The van der Waals surface area contributed by atoms with Crippen molar-refractivity contribution in [3.63, 3.8) is 0 Å². The quantitative estimate of drug-likeness (QED) is 0.897. The Morgan fingerprint density at radius 2 is 1.90 bits per heavy atom. The van der Waals surface area contributed by atoms with Crippen LogP contribution in [0.3, 0.4) is 0 Å². The van der Waals surface area contributed by atoms with Crippen LogP contribution in [0, 0.1) is 5.92 Å². The zero-order chi connectivity index (χ0) is 15.5. The first-order valence-corrected chi connectivity index (χ1v) is 6.68. The van der Waals surface area contributed by atoms with E-state index in [0.29, 0.717) is 5.92 Å². The highest BCUT2D eigenvalue weighted by molar-refractivity contribution is 5.84. The van der Waals surface area contributed by atoms with Gasteiger partial charge in [-0.15, -0.1) is 0 Å². The standard InChI is InChI=1S/C14H17F3N2O2/c1-18-8-9-6-12(7-9)21-13(20)19-11-4-2-10(3-5-11)14(15,16)17/h2-5,9,12,18H,6-8H2,1H3,(H,19,20). The minimum atomic E-state index is -4.38. The molecule has 0 heterocycles. The van der Waals surface area contributed by atoms with Crippen LogP contribution in [0.1, 0.15) is 18.4 Å². The maximum absolute atomic E-state index is 12.4. The molecule has 0 atom stereocenters. The van der Waals surface area contributed by atoms with Crippen LogP contribution in [0.2, 0.25) is 0 Å². The van der Waals surface area contributed by atoms with Crippen LogP contribution < -0.4 is 10.6 Å². The monoisotopic (exact) mass is 302 g/mol. The van der Waals surface area contributed by atoms with Crippen molar-refractivity contribution >= 4 is 11.8 Å². The Morgan fingerprint density at radius 3 is 2.43 bits per heavy atom. The summed E-state index contributed by atoms with van der Waals surface area (Å²) in [6.07, 6.45) is -3.52. The number of hydrogen-bond acceptors (Lipinski definition) is 3. The Morgan fingerprint density at radius 1 is 1.29 bits per heavy atom. The molecule has 1 aromatic rings. The molecule has 116 valence electrons. The minimum absolute atomic E-state index is 0.113. The predicted molar refractivity (Wildman–Crippen MR) is 72.0 cm³/mol. The lowest BCUT2D eigenvalue weighted by atomic mass is 9.82. The average Bonchev–Trinajstić information content (AvgIpc) is 2.36. The number of halogens is 3.